The maximum Gasteiger partial charge on any atom is 0.295 e. The number of benzene rings is 3. The van der Waals surface area contributed by atoms with Crippen molar-refractivity contribution in [3.63, 3.8) is 0 Å². The summed E-state index contributed by atoms with van der Waals surface area (Å²) in [5, 5.41) is 0. The van der Waals surface area contributed by atoms with Crippen molar-refractivity contribution in [3.05, 3.63) is 100 Å². The van der Waals surface area contributed by atoms with Gasteiger partial charge >= 0.3 is 0 Å². The Balaban J connectivity index is 1.24. The third kappa shape index (κ3) is 8.27. The first-order chi connectivity index (χ1) is 24.3. The van der Waals surface area contributed by atoms with Gasteiger partial charge in [0.15, 0.2) is 18.9 Å². The molecule has 0 amide bonds. The molecule has 3 aromatic carbocycles. The molecule has 3 fully saturated rings. The maximum absolute atomic E-state index is 13.4. The van der Waals surface area contributed by atoms with Crippen molar-refractivity contribution >= 4 is 21.3 Å². The maximum atomic E-state index is 13.4. The van der Waals surface area contributed by atoms with Crippen molar-refractivity contribution in [1.82, 2.24) is 0 Å². The SMILES string of the molecule is CC1C(c2ccc(OC3CCCCO3)cc2)=C(S(=O)(=O)O)C(c2ccc(OC3CCCCO3)cc2)=CC1c1ccc(OC2CCCCO2)cc1. The molecule has 5 unspecified atom stereocenters. The van der Waals surface area contributed by atoms with Gasteiger partial charge in [-0.2, -0.15) is 8.42 Å². The van der Waals surface area contributed by atoms with Gasteiger partial charge in [0.25, 0.3) is 10.1 Å². The first kappa shape index (κ1) is 34.8. The molecule has 3 aliphatic heterocycles. The molecule has 4 aliphatic rings. The average molecular weight is 703 g/mol. The first-order valence-corrected chi connectivity index (χ1v) is 19.4. The summed E-state index contributed by atoms with van der Waals surface area (Å²) in [7, 11) is -4.67. The Morgan fingerprint density at radius 3 is 1.42 bits per heavy atom. The summed E-state index contributed by atoms with van der Waals surface area (Å²) < 4.78 is 73.1. The van der Waals surface area contributed by atoms with Gasteiger partial charge in [-0.15, -0.1) is 0 Å². The van der Waals surface area contributed by atoms with Gasteiger partial charge in [0.2, 0.25) is 0 Å². The fourth-order valence-electron chi connectivity index (χ4n) is 7.28. The summed E-state index contributed by atoms with van der Waals surface area (Å²) >= 11 is 0. The van der Waals surface area contributed by atoms with Crippen LogP contribution >= 0.6 is 0 Å². The van der Waals surface area contributed by atoms with Crippen LogP contribution in [0.5, 0.6) is 17.2 Å². The molecule has 1 aliphatic carbocycles. The van der Waals surface area contributed by atoms with Crippen molar-refractivity contribution in [2.75, 3.05) is 19.8 Å². The van der Waals surface area contributed by atoms with Crippen LogP contribution in [0.1, 0.15) is 87.3 Å². The molecule has 7 rings (SSSR count). The fraction of sp³-hybridized carbons (Fsp3) is 0.450. The summed E-state index contributed by atoms with van der Waals surface area (Å²) in [6.45, 7) is 4.04. The lowest BCUT2D eigenvalue weighted by molar-refractivity contribution is -0.106. The van der Waals surface area contributed by atoms with E-state index in [1.165, 1.54) is 0 Å². The molecule has 3 saturated heterocycles. The van der Waals surface area contributed by atoms with Crippen LogP contribution in [0.25, 0.3) is 11.1 Å². The Kier molecular flexibility index (Phi) is 10.9. The molecule has 10 heteroatoms. The molecule has 0 radical (unpaired) electrons. The molecule has 0 spiro atoms. The van der Waals surface area contributed by atoms with E-state index in [-0.39, 0.29) is 35.6 Å². The molecule has 9 nitrogen and oxygen atoms in total. The zero-order chi connectivity index (χ0) is 34.5. The molecule has 5 atom stereocenters. The Morgan fingerprint density at radius 2 is 1.02 bits per heavy atom. The fourth-order valence-corrected chi connectivity index (χ4v) is 8.32. The quantitative estimate of drug-likeness (QED) is 0.208. The van der Waals surface area contributed by atoms with E-state index in [9.17, 15) is 13.0 Å². The van der Waals surface area contributed by atoms with E-state index in [2.05, 4.69) is 0 Å². The molecule has 1 N–H and O–H groups in total. The number of ether oxygens (including phenoxy) is 6. The molecule has 0 aromatic heterocycles. The summed E-state index contributed by atoms with van der Waals surface area (Å²) in [4.78, 5) is -0.107. The average Bonchev–Trinajstić information content (AvgIpc) is 3.13. The van der Waals surface area contributed by atoms with Gasteiger partial charge in [-0.1, -0.05) is 49.4 Å². The Hall–Kier alpha value is -3.67. The van der Waals surface area contributed by atoms with Gasteiger partial charge in [-0.05, 0) is 109 Å². The molecule has 50 heavy (non-hydrogen) atoms. The second-order valence-corrected chi connectivity index (χ2v) is 14.8. The van der Waals surface area contributed by atoms with Gasteiger partial charge in [-0.3, -0.25) is 4.55 Å². The first-order valence-electron chi connectivity index (χ1n) is 17.9. The van der Waals surface area contributed by atoms with Crippen molar-refractivity contribution in [1.29, 1.82) is 0 Å². The van der Waals surface area contributed by atoms with Crippen LogP contribution in [0.3, 0.4) is 0 Å². The minimum Gasteiger partial charge on any atom is -0.465 e. The van der Waals surface area contributed by atoms with Gasteiger partial charge in [0.1, 0.15) is 22.2 Å². The number of rotatable bonds is 10. The topological polar surface area (TPSA) is 110 Å². The van der Waals surface area contributed by atoms with Crippen LogP contribution < -0.4 is 14.2 Å². The van der Waals surface area contributed by atoms with Crippen molar-refractivity contribution in [3.8, 4) is 17.2 Å². The van der Waals surface area contributed by atoms with Crippen LogP contribution in [0.2, 0.25) is 0 Å². The van der Waals surface area contributed by atoms with E-state index in [1.54, 1.807) is 0 Å². The minimum absolute atomic E-state index is 0.107. The zero-order valence-corrected chi connectivity index (χ0v) is 29.3. The predicted molar refractivity (Wildman–Crippen MR) is 190 cm³/mol. The highest BCUT2D eigenvalue weighted by molar-refractivity contribution is 7.90. The van der Waals surface area contributed by atoms with E-state index >= 15 is 0 Å². The second-order valence-electron chi connectivity index (χ2n) is 13.5. The van der Waals surface area contributed by atoms with Gasteiger partial charge in [0.05, 0.1) is 19.8 Å². The molecular formula is C40H46O9S. The smallest absolute Gasteiger partial charge is 0.295 e. The third-order valence-corrected chi connectivity index (χ3v) is 10.9. The highest BCUT2D eigenvalue weighted by Crippen LogP contribution is 2.49. The third-order valence-electron chi connectivity index (χ3n) is 9.90. The van der Waals surface area contributed by atoms with Crippen LogP contribution in [-0.4, -0.2) is 51.7 Å². The van der Waals surface area contributed by atoms with Crippen molar-refractivity contribution in [2.24, 2.45) is 5.92 Å². The molecule has 3 aromatic rings. The van der Waals surface area contributed by atoms with Crippen molar-refractivity contribution in [2.45, 2.75) is 89.5 Å². The number of hydrogen-bond donors (Lipinski definition) is 1. The highest BCUT2D eigenvalue weighted by Gasteiger charge is 2.37. The van der Waals surface area contributed by atoms with Gasteiger partial charge in [-0.25, -0.2) is 0 Å². The van der Waals surface area contributed by atoms with Crippen LogP contribution in [0.15, 0.2) is 83.8 Å². The van der Waals surface area contributed by atoms with Gasteiger partial charge < -0.3 is 28.4 Å². The molecule has 3 heterocycles. The summed E-state index contributed by atoms with van der Waals surface area (Å²) in [5.74, 6) is 1.46. The minimum atomic E-state index is -4.67. The Labute approximate surface area is 294 Å². The van der Waals surface area contributed by atoms with E-state index in [0.29, 0.717) is 53.6 Å². The number of allylic oxidation sites excluding steroid dienone is 3. The number of hydrogen-bond acceptors (Lipinski definition) is 8. The second kappa shape index (κ2) is 15.7. The summed E-state index contributed by atoms with van der Waals surface area (Å²) in [6, 6.07) is 22.6. The molecule has 0 bridgehead atoms. The van der Waals surface area contributed by atoms with Crippen molar-refractivity contribution < 1.29 is 41.4 Å². The Bertz CT molecular complexity index is 1750. The van der Waals surface area contributed by atoms with Crippen LogP contribution in [0.4, 0.5) is 0 Å². The molecule has 0 saturated carbocycles. The zero-order valence-electron chi connectivity index (χ0n) is 28.5. The largest absolute Gasteiger partial charge is 0.465 e. The van der Waals surface area contributed by atoms with E-state index in [1.807, 2.05) is 85.8 Å². The normalized spacial score (nSPS) is 26.2. The lowest BCUT2D eigenvalue weighted by Crippen LogP contribution is -2.25. The lowest BCUT2D eigenvalue weighted by atomic mass is 9.74. The van der Waals surface area contributed by atoms with Gasteiger partial charge in [0, 0.05) is 25.2 Å². The summed E-state index contributed by atoms with van der Waals surface area (Å²) in [5.41, 5.74) is 3.28. The van der Waals surface area contributed by atoms with E-state index in [4.69, 9.17) is 28.4 Å². The monoisotopic (exact) mass is 702 g/mol. The lowest BCUT2D eigenvalue weighted by Gasteiger charge is -2.33. The van der Waals surface area contributed by atoms with E-state index in [0.717, 1.165) is 69.1 Å². The standard InChI is InChI=1S/C40H46O9S/c1-27-34(28-11-17-31(18-12-28)47-36-8-2-5-23-44-36)26-35(29-13-19-32(20-14-29)48-37-9-3-6-24-45-37)40(50(41,42)43)39(27)30-15-21-33(22-16-30)49-38-10-4-7-25-46-38/h11-22,26-27,34,36-38H,2-10,23-25H2,1H3,(H,41,42,43). The van der Waals surface area contributed by atoms with Crippen LogP contribution in [0, 0.1) is 5.92 Å². The van der Waals surface area contributed by atoms with E-state index < -0.39 is 10.1 Å². The Morgan fingerprint density at radius 1 is 0.600 bits per heavy atom. The molecular weight excluding hydrogens is 656 g/mol. The van der Waals surface area contributed by atoms with Crippen LogP contribution in [-0.2, 0) is 24.3 Å². The molecule has 266 valence electrons. The predicted octanol–water partition coefficient (Wildman–Crippen LogP) is 8.52. The summed E-state index contributed by atoms with van der Waals surface area (Å²) in [6.07, 6.45) is 9.85. The highest BCUT2D eigenvalue weighted by atomic mass is 32.2.